The summed E-state index contributed by atoms with van der Waals surface area (Å²) in [6.45, 7) is 0.758. The molecule has 5 heteroatoms. The number of carbonyl (C=O) groups excluding carboxylic acids is 1. The van der Waals surface area contributed by atoms with Gasteiger partial charge in [-0.15, -0.1) is 0 Å². The van der Waals surface area contributed by atoms with Crippen molar-refractivity contribution in [3.05, 3.63) is 0 Å². The second-order valence-electron chi connectivity index (χ2n) is 3.73. The van der Waals surface area contributed by atoms with Crippen LogP contribution in [-0.4, -0.2) is 45.5 Å². The van der Waals surface area contributed by atoms with Gasteiger partial charge in [0.15, 0.2) is 0 Å². The quantitative estimate of drug-likeness (QED) is 0.693. The highest BCUT2D eigenvalue weighted by atomic mass is 32.2. The molecule has 0 amide bonds. The fraction of sp³-hybridized carbons (Fsp3) is 0.778. The molecule has 78 valence electrons. The number of rotatable bonds is 1. The lowest BCUT2D eigenvalue weighted by molar-refractivity contribution is -0.145. The van der Waals surface area contributed by atoms with Gasteiger partial charge >= 0.3 is 5.97 Å². The minimum Gasteiger partial charge on any atom is -0.480 e. The highest BCUT2D eigenvalue weighted by Crippen LogP contribution is 2.30. The summed E-state index contributed by atoms with van der Waals surface area (Å²) in [7, 11) is 0. The van der Waals surface area contributed by atoms with Crippen molar-refractivity contribution in [2.24, 2.45) is 0 Å². The normalized spacial score (nSPS) is 33.9. The van der Waals surface area contributed by atoms with E-state index in [0.717, 1.165) is 25.8 Å². The van der Waals surface area contributed by atoms with Crippen LogP contribution in [0.4, 0.5) is 0 Å². The van der Waals surface area contributed by atoms with E-state index in [1.165, 1.54) is 11.8 Å². The van der Waals surface area contributed by atoms with Crippen molar-refractivity contribution < 1.29 is 14.7 Å². The Hall–Kier alpha value is -0.550. The minimum absolute atomic E-state index is 0.136. The zero-order valence-electron chi connectivity index (χ0n) is 7.81. The molecule has 2 aliphatic rings. The molecule has 1 N–H and O–H groups in total. The van der Waals surface area contributed by atoms with Gasteiger partial charge in [-0.2, -0.15) is 0 Å². The molecule has 2 fully saturated rings. The first kappa shape index (κ1) is 9.98. The van der Waals surface area contributed by atoms with Crippen LogP contribution in [0, 0.1) is 0 Å². The zero-order chi connectivity index (χ0) is 10.1. The summed E-state index contributed by atoms with van der Waals surface area (Å²) in [6, 6.07) is -0.591. The molecule has 2 atom stereocenters. The lowest BCUT2D eigenvalue weighted by Crippen LogP contribution is -2.56. The standard InChI is InChI=1S/C9H13NO3S/c11-8(12)7-5-14-9(13)6-3-1-2-4-10(6)7/h6-7H,1-5H2,(H,11,12). The molecule has 4 nitrogen and oxygen atoms in total. The summed E-state index contributed by atoms with van der Waals surface area (Å²) < 4.78 is 0. The largest absolute Gasteiger partial charge is 0.480 e. The van der Waals surface area contributed by atoms with Gasteiger partial charge in [-0.3, -0.25) is 14.5 Å². The number of aliphatic carboxylic acids is 1. The molecule has 2 unspecified atom stereocenters. The molecule has 0 spiro atoms. The van der Waals surface area contributed by atoms with Crippen LogP contribution in [0.5, 0.6) is 0 Å². The topological polar surface area (TPSA) is 57.6 Å². The van der Waals surface area contributed by atoms with Crippen molar-refractivity contribution in [3.63, 3.8) is 0 Å². The van der Waals surface area contributed by atoms with Crippen LogP contribution in [0.2, 0.25) is 0 Å². The third kappa shape index (κ3) is 1.66. The summed E-state index contributed by atoms with van der Waals surface area (Å²) in [5, 5.41) is 9.15. The lowest BCUT2D eigenvalue weighted by atomic mass is 10.0. The zero-order valence-corrected chi connectivity index (χ0v) is 8.63. The van der Waals surface area contributed by atoms with Crippen molar-refractivity contribution in [1.82, 2.24) is 4.90 Å². The Morgan fingerprint density at radius 1 is 1.50 bits per heavy atom. The Labute approximate surface area is 86.6 Å². The minimum atomic E-state index is -0.795. The predicted octanol–water partition coefficient (Wildman–Crippen LogP) is 0.567. The Bertz CT molecular complexity index is 267. The molecule has 2 heterocycles. The number of carboxylic acid groups (broad SMARTS) is 1. The first-order valence-electron chi connectivity index (χ1n) is 4.85. The van der Waals surface area contributed by atoms with E-state index in [1.54, 1.807) is 0 Å². The number of nitrogens with zero attached hydrogens (tertiary/aromatic N) is 1. The number of carbonyl (C=O) groups is 2. The van der Waals surface area contributed by atoms with E-state index < -0.39 is 12.0 Å². The van der Waals surface area contributed by atoms with Crippen LogP contribution in [-0.2, 0) is 9.59 Å². The highest BCUT2D eigenvalue weighted by Gasteiger charge is 2.41. The fourth-order valence-electron chi connectivity index (χ4n) is 2.15. The molecule has 2 rings (SSSR count). The molecule has 2 saturated heterocycles. The van der Waals surface area contributed by atoms with E-state index in [4.69, 9.17) is 5.11 Å². The van der Waals surface area contributed by atoms with Crippen molar-refractivity contribution >= 4 is 22.8 Å². The molecule has 2 aliphatic heterocycles. The van der Waals surface area contributed by atoms with E-state index in [9.17, 15) is 9.59 Å². The number of piperidine rings is 1. The smallest absolute Gasteiger partial charge is 0.321 e. The first-order valence-corrected chi connectivity index (χ1v) is 5.84. The first-order chi connectivity index (χ1) is 6.70. The van der Waals surface area contributed by atoms with Gasteiger partial charge in [0.05, 0.1) is 6.04 Å². The third-order valence-electron chi connectivity index (χ3n) is 2.89. The number of carboxylic acids is 1. The molecule has 0 aromatic rings. The maximum atomic E-state index is 11.5. The second kappa shape index (κ2) is 3.90. The molecular weight excluding hydrogens is 202 g/mol. The fourth-order valence-corrected chi connectivity index (χ4v) is 3.25. The van der Waals surface area contributed by atoms with E-state index in [1.807, 2.05) is 4.90 Å². The Kier molecular flexibility index (Phi) is 2.78. The third-order valence-corrected chi connectivity index (χ3v) is 3.92. The maximum Gasteiger partial charge on any atom is 0.321 e. The summed E-state index contributed by atoms with van der Waals surface area (Å²) in [6.07, 6.45) is 2.88. The van der Waals surface area contributed by atoms with Gasteiger partial charge in [0.25, 0.3) is 0 Å². The number of fused-ring (bicyclic) bond motifs is 1. The summed E-state index contributed by atoms with van der Waals surface area (Å²) in [5.74, 6) is -0.387. The van der Waals surface area contributed by atoms with Crippen LogP contribution in [0.15, 0.2) is 0 Å². The number of thioether (sulfide) groups is 1. The predicted molar refractivity (Wildman–Crippen MR) is 53.2 cm³/mol. The van der Waals surface area contributed by atoms with E-state index >= 15 is 0 Å². The van der Waals surface area contributed by atoms with Gasteiger partial charge < -0.3 is 5.11 Å². The Morgan fingerprint density at radius 3 is 3.00 bits per heavy atom. The highest BCUT2D eigenvalue weighted by molar-refractivity contribution is 8.13. The molecule has 14 heavy (non-hydrogen) atoms. The van der Waals surface area contributed by atoms with Crippen LogP contribution < -0.4 is 0 Å². The molecule has 0 bridgehead atoms. The van der Waals surface area contributed by atoms with Crippen molar-refractivity contribution in [1.29, 1.82) is 0 Å². The average molecular weight is 215 g/mol. The monoisotopic (exact) mass is 215 g/mol. The van der Waals surface area contributed by atoms with Gasteiger partial charge in [0, 0.05) is 5.75 Å². The van der Waals surface area contributed by atoms with Crippen LogP contribution >= 0.6 is 11.8 Å². The molecule has 0 saturated carbocycles. The Morgan fingerprint density at radius 2 is 2.29 bits per heavy atom. The van der Waals surface area contributed by atoms with E-state index in [-0.39, 0.29) is 11.2 Å². The molecule has 0 aromatic carbocycles. The molecule has 0 aromatic heterocycles. The number of hydrogen-bond acceptors (Lipinski definition) is 4. The van der Waals surface area contributed by atoms with Gasteiger partial charge in [-0.25, -0.2) is 0 Å². The summed E-state index contributed by atoms with van der Waals surface area (Å²) in [4.78, 5) is 24.3. The molecule has 0 aliphatic carbocycles. The SMILES string of the molecule is O=C(O)C1CSC(=O)C2CCCCN12. The Balaban J connectivity index is 2.16. The van der Waals surface area contributed by atoms with Gasteiger partial charge in [0.1, 0.15) is 6.04 Å². The van der Waals surface area contributed by atoms with Crippen molar-refractivity contribution in [2.45, 2.75) is 31.3 Å². The number of hydrogen-bond donors (Lipinski definition) is 1. The average Bonchev–Trinajstić information content (AvgIpc) is 2.18. The van der Waals surface area contributed by atoms with Crippen molar-refractivity contribution in [3.8, 4) is 0 Å². The van der Waals surface area contributed by atoms with Gasteiger partial charge in [-0.05, 0) is 19.4 Å². The van der Waals surface area contributed by atoms with Gasteiger partial charge in [0.2, 0.25) is 5.12 Å². The van der Waals surface area contributed by atoms with Crippen LogP contribution in [0.1, 0.15) is 19.3 Å². The van der Waals surface area contributed by atoms with Crippen molar-refractivity contribution in [2.75, 3.05) is 12.3 Å². The van der Waals surface area contributed by atoms with E-state index in [2.05, 4.69) is 0 Å². The second-order valence-corrected chi connectivity index (χ2v) is 4.76. The lowest BCUT2D eigenvalue weighted by Gasteiger charge is -2.41. The summed E-state index contributed by atoms with van der Waals surface area (Å²) >= 11 is 1.18. The van der Waals surface area contributed by atoms with Crippen LogP contribution in [0.3, 0.4) is 0 Å². The summed E-state index contributed by atoms with van der Waals surface area (Å²) in [5.41, 5.74) is 0. The van der Waals surface area contributed by atoms with E-state index in [0.29, 0.717) is 5.75 Å². The van der Waals surface area contributed by atoms with Crippen LogP contribution in [0.25, 0.3) is 0 Å². The van der Waals surface area contributed by atoms with Gasteiger partial charge in [-0.1, -0.05) is 18.2 Å². The maximum absolute atomic E-state index is 11.5. The molecule has 0 radical (unpaired) electrons. The molecular formula is C9H13NO3S.